The van der Waals surface area contributed by atoms with E-state index in [-0.39, 0.29) is 12.0 Å². The van der Waals surface area contributed by atoms with Crippen LogP contribution in [0.4, 0.5) is 5.69 Å². The van der Waals surface area contributed by atoms with E-state index in [1.807, 2.05) is 36.9 Å². The molecule has 1 saturated heterocycles. The number of likely N-dealkylation sites (tertiary alicyclic amines) is 1. The molecular weight excluding hydrogens is 254 g/mol. The number of carbonyl (C=O) groups is 1. The van der Waals surface area contributed by atoms with Gasteiger partial charge in [-0.3, -0.25) is 10.6 Å². The van der Waals surface area contributed by atoms with E-state index in [0.717, 1.165) is 18.4 Å². The first-order valence-electron chi connectivity index (χ1n) is 7.07. The van der Waals surface area contributed by atoms with Crippen molar-refractivity contribution in [2.24, 2.45) is 11.8 Å². The highest BCUT2D eigenvalue weighted by molar-refractivity contribution is 5.99. The molecular formula is C15H23N3O2. The summed E-state index contributed by atoms with van der Waals surface area (Å²) in [4.78, 5) is 14.4. The number of benzene rings is 1. The summed E-state index contributed by atoms with van der Waals surface area (Å²) in [6.07, 6.45) is 1.40. The number of hydrazine groups is 1. The van der Waals surface area contributed by atoms with Crippen LogP contribution >= 0.6 is 0 Å². The lowest BCUT2D eigenvalue weighted by Gasteiger charge is -2.33. The standard InChI is InChI=1S/C15H23N3O2/c1-10-3-4-14(17-16)13(9-10)15(20)18-7-5-12(6-8-18)11(2)19/h3-4,9,11-12,17,19H,5-8,16H2,1-2H3. The number of aliphatic hydroxyl groups is 1. The smallest absolute Gasteiger partial charge is 0.256 e. The van der Waals surface area contributed by atoms with Crippen molar-refractivity contribution in [2.75, 3.05) is 18.5 Å². The Kier molecular flexibility index (Phi) is 4.62. The summed E-state index contributed by atoms with van der Waals surface area (Å²) in [5, 5.41) is 9.61. The van der Waals surface area contributed by atoms with Crippen LogP contribution in [0.25, 0.3) is 0 Å². The van der Waals surface area contributed by atoms with Crippen LogP contribution in [0.5, 0.6) is 0 Å². The number of nitrogen functional groups attached to an aromatic ring is 1. The van der Waals surface area contributed by atoms with Crippen LogP contribution in [0.3, 0.4) is 0 Å². The van der Waals surface area contributed by atoms with Crippen molar-refractivity contribution in [3.63, 3.8) is 0 Å². The van der Waals surface area contributed by atoms with Gasteiger partial charge >= 0.3 is 0 Å². The minimum Gasteiger partial charge on any atom is -0.393 e. The molecule has 0 saturated carbocycles. The van der Waals surface area contributed by atoms with Crippen molar-refractivity contribution in [2.45, 2.75) is 32.8 Å². The van der Waals surface area contributed by atoms with Crippen molar-refractivity contribution in [3.05, 3.63) is 29.3 Å². The fourth-order valence-corrected chi connectivity index (χ4v) is 2.72. The molecule has 1 aliphatic heterocycles. The molecule has 0 aromatic heterocycles. The number of nitrogens with one attached hydrogen (secondary N) is 1. The van der Waals surface area contributed by atoms with Gasteiger partial charge in [-0.15, -0.1) is 0 Å². The van der Waals surface area contributed by atoms with Gasteiger partial charge in [-0.2, -0.15) is 0 Å². The Morgan fingerprint density at radius 2 is 2.10 bits per heavy atom. The van der Waals surface area contributed by atoms with Crippen LogP contribution in [0.15, 0.2) is 18.2 Å². The van der Waals surface area contributed by atoms with Crippen molar-refractivity contribution >= 4 is 11.6 Å². The van der Waals surface area contributed by atoms with Crippen LogP contribution in [-0.2, 0) is 0 Å². The van der Waals surface area contributed by atoms with E-state index in [9.17, 15) is 9.90 Å². The average Bonchev–Trinajstić information content (AvgIpc) is 2.46. The Balaban J connectivity index is 2.11. The maximum atomic E-state index is 12.6. The Hall–Kier alpha value is -1.59. The summed E-state index contributed by atoms with van der Waals surface area (Å²) in [5.41, 5.74) is 4.88. The van der Waals surface area contributed by atoms with Gasteiger partial charge in [0, 0.05) is 13.1 Å². The number of aliphatic hydroxyl groups excluding tert-OH is 1. The molecule has 1 atom stereocenters. The number of nitrogens with zero attached hydrogens (tertiary/aromatic N) is 1. The fourth-order valence-electron chi connectivity index (χ4n) is 2.72. The number of carbonyl (C=O) groups excluding carboxylic acids is 1. The zero-order valence-corrected chi connectivity index (χ0v) is 12.1. The molecule has 5 heteroatoms. The van der Waals surface area contributed by atoms with Gasteiger partial charge in [0.25, 0.3) is 5.91 Å². The number of nitrogens with two attached hydrogens (primary N) is 1. The minimum atomic E-state index is -0.299. The Labute approximate surface area is 119 Å². The number of aryl methyl sites for hydroxylation is 1. The van der Waals surface area contributed by atoms with E-state index in [0.29, 0.717) is 30.3 Å². The van der Waals surface area contributed by atoms with Gasteiger partial charge in [0.2, 0.25) is 0 Å². The van der Waals surface area contributed by atoms with E-state index < -0.39 is 0 Å². The summed E-state index contributed by atoms with van der Waals surface area (Å²) >= 11 is 0. The fraction of sp³-hybridized carbons (Fsp3) is 0.533. The molecule has 0 aliphatic carbocycles. The van der Waals surface area contributed by atoms with E-state index in [4.69, 9.17) is 5.84 Å². The summed E-state index contributed by atoms with van der Waals surface area (Å²) in [7, 11) is 0. The molecule has 1 fully saturated rings. The first kappa shape index (κ1) is 14.8. The number of hydrogen-bond acceptors (Lipinski definition) is 4. The quantitative estimate of drug-likeness (QED) is 0.578. The number of hydrogen-bond donors (Lipinski definition) is 3. The van der Waals surface area contributed by atoms with Crippen LogP contribution < -0.4 is 11.3 Å². The molecule has 1 aliphatic rings. The lowest BCUT2D eigenvalue weighted by Crippen LogP contribution is -2.41. The van der Waals surface area contributed by atoms with E-state index in [1.54, 1.807) is 0 Å². The molecule has 1 unspecified atom stereocenters. The third kappa shape index (κ3) is 3.11. The zero-order valence-electron chi connectivity index (χ0n) is 12.1. The largest absolute Gasteiger partial charge is 0.393 e. The molecule has 5 nitrogen and oxygen atoms in total. The van der Waals surface area contributed by atoms with Gasteiger partial charge in [0.05, 0.1) is 17.4 Å². The van der Waals surface area contributed by atoms with Gasteiger partial charge in [-0.05, 0) is 44.7 Å². The summed E-state index contributed by atoms with van der Waals surface area (Å²) in [6, 6.07) is 5.61. The van der Waals surface area contributed by atoms with Crippen LogP contribution in [0.1, 0.15) is 35.7 Å². The van der Waals surface area contributed by atoms with Gasteiger partial charge in [0.1, 0.15) is 0 Å². The molecule has 1 heterocycles. The molecule has 110 valence electrons. The van der Waals surface area contributed by atoms with Gasteiger partial charge < -0.3 is 15.4 Å². The number of rotatable bonds is 3. The van der Waals surface area contributed by atoms with Crippen LogP contribution in [-0.4, -0.2) is 35.1 Å². The predicted octanol–water partition coefficient (Wildman–Crippen LogP) is 1.51. The molecule has 20 heavy (non-hydrogen) atoms. The maximum absolute atomic E-state index is 12.6. The highest BCUT2D eigenvalue weighted by atomic mass is 16.3. The highest BCUT2D eigenvalue weighted by Crippen LogP contribution is 2.24. The Morgan fingerprint density at radius 1 is 1.45 bits per heavy atom. The topological polar surface area (TPSA) is 78.6 Å². The molecule has 1 aromatic carbocycles. The van der Waals surface area contributed by atoms with E-state index in [1.165, 1.54) is 0 Å². The highest BCUT2D eigenvalue weighted by Gasteiger charge is 2.27. The SMILES string of the molecule is Cc1ccc(NN)c(C(=O)N2CCC(C(C)O)CC2)c1. The predicted molar refractivity (Wildman–Crippen MR) is 79.3 cm³/mol. The molecule has 0 spiro atoms. The zero-order chi connectivity index (χ0) is 14.7. The maximum Gasteiger partial charge on any atom is 0.256 e. The lowest BCUT2D eigenvalue weighted by molar-refractivity contribution is 0.0522. The monoisotopic (exact) mass is 277 g/mol. The van der Waals surface area contributed by atoms with E-state index >= 15 is 0 Å². The van der Waals surface area contributed by atoms with E-state index in [2.05, 4.69) is 5.43 Å². The second-order valence-electron chi connectivity index (χ2n) is 5.56. The van der Waals surface area contributed by atoms with Crippen LogP contribution in [0.2, 0.25) is 0 Å². The molecule has 1 aromatic rings. The molecule has 2 rings (SSSR count). The average molecular weight is 277 g/mol. The summed E-state index contributed by atoms with van der Waals surface area (Å²) in [5.74, 6) is 5.78. The lowest BCUT2D eigenvalue weighted by atomic mass is 9.92. The number of piperidine rings is 1. The van der Waals surface area contributed by atoms with Gasteiger partial charge in [0.15, 0.2) is 0 Å². The van der Waals surface area contributed by atoms with Gasteiger partial charge in [-0.25, -0.2) is 0 Å². The molecule has 1 amide bonds. The molecule has 0 radical (unpaired) electrons. The third-order valence-corrected chi connectivity index (χ3v) is 4.07. The van der Waals surface area contributed by atoms with Crippen molar-refractivity contribution in [1.82, 2.24) is 4.90 Å². The first-order chi connectivity index (χ1) is 9.52. The second-order valence-corrected chi connectivity index (χ2v) is 5.56. The summed E-state index contributed by atoms with van der Waals surface area (Å²) < 4.78 is 0. The molecule has 0 bridgehead atoms. The van der Waals surface area contributed by atoms with Crippen molar-refractivity contribution in [3.8, 4) is 0 Å². The number of amides is 1. The second kappa shape index (κ2) is 6.24. The Bertz CT molecular complexity index is 480. The first-order valence-corrected chi connectivity index (χ1v) is 7.07. The van der Waals surface area contributed by atoms with Crippen LogP contribution in [0, 0.1) is 12.8 Å². The normalized spacial score (nSPS) is 17.9. The summed E-state index contributed by atoms with van der Waals surface area (Å²) in [6.45, 7) is 5.15. The Morgan fingerprint density at radius 3 is 2.65 bits per heavy atom. The molecule has 4 N–H and O–H groups in total. The van der Waals surface area contributed by atoms with Gasteiger partial charge in [-0.1, -0.05) is 11.6 Å². The van der Waals surface area contributed by atoms with Crippen molar-refractivity contribution < 1.29 is 9.90 Å². The van der Waals surface area contributed by atoms with Crippen molar-refractivity contribution in [1.29, 1.82) is 0 Å². The minimum absolute atomic E-state index is 0.00527. The third-order valence-electron chi connectivity index (χ3n) is 4.07. The number of anilines is 1.